The zero-order chi connectivity index (χ0) is 24.9. The second kappa shape index (κ2) is 10.8. The van der Waals surface area contributed by atoms with Gasteiger partial charge in [-0.3, -0.25) is 9.69 Å². The zero-order valence-corrected chi connectivity index (χ0v) is 20.9. The van der Waals surface area contributed by atoms with Crippen LogP contribution in [0.2, 0.25) is 5.02 Å². The Labute approximate surface area is 210 Å². The molecule has 0 spiro atoms. The number of carbonyl (C=O) groups excluding carboxylic acids is 1. The highest BCUT2D eigenvalue weighted by Gasteiger charge is 2.19. The number of rotatable bonds is 8. The molecular formula is C28H29ClN4O2. The Morgan fingerprint density at radius 3 is 2.34 bits per heavy atom. The monoisotopic (exact) mass is 488 g/mol. The summed E-state index contributed by atoms with van der Waals surface area (Å²) in [5, 5.41) is 12.2. The molecule has 2 N–H and O–H groups in total. The maximum atomic E-state index is 12.7. The number of nitrogens with zero attached hydrogens (tertiary/aromatic N) is 3. The van der Waals surface area contributed by atoms with Crippen LogP contribution in [0.15, 0.2) is 77.8 Å². The second-order valence-electron chi connectivity index (χ2n) is 8.30. The van der Waals surface area contributed by atoms with Crippen LogP contribution in [0.3, 0.4) is 0 Å². The van der Waals surface area contributed by atoms with Crippen LogP contribution < -0.4 is 4.90 Å². The number of hydrogen-bond donors (Lipinski definition) is 2. The lowest BCUT2D eigenvalue weighted by Crippen LogP contribution is -2.38. The number of likely N-dealkylation sites (N-methyl/N-ethyl adjacent to an activating group) is 2. The van der Waals surface area contributed by atoms with Crippen molar-refractivity contribution in [3.8, 4) is 5.88 Å². The molecule has 1 aromatic heterocycles. The number of amides is 1. The predicted octanol–water partition coefficient (Wildman–Crippen LogP) is 6.00. The topological polar surface area (TPSA) is 71.9 Å². The largest absolute Gasteiger partial charge is 0.494 e. The number of aromatic nitrogens is 1. The normalized spacial score (nSPS) is 11.9. The van der Waals surface area contributed by atoms with E-state index < -0.39 is 0 Å². The molecule has 0 aliphatic heterocycles. The Morgan fingerprint density at radius 1 is 1.00 bits per heavy atom. The number of halogens is 1. The molecule has 0 saturated carbocycles. The van der Waals surface area contributed by atoms with Gasteiger partial charge in [-0.1, -0.05) is 61.8 Å². The third-order valence-corrected chi connectivity index (χ3v) is 6.37. The lowest BCUT2D eigenvalue weighted by Gasteiger charge is -2.23. The number of H-pyrrole nitrogens is 1. The van der Waals surface area contributed by atoms with Crippen LogP contribution in [0.5, 0.6) is 5.88 Å². The van der Waals surface area contributed by atoms with Crippen molar-refractivity contribution in [1.82, 2.24) is 9.88 Å². The van der Waals surface area contributed by atoms with Crippen molar-refractivity contribution < 1.29 is 9.90 Å². The van der Waals surface area contributed by atoms with Gasteiger partial charge in [0.15, 0.2) is 5.88 Å². The molecule has 6 nitrogen and oxygen atoms in total. The second-order valence-corrected chi connectivity index (χ2v) is 8.73. The highest BCUT2D eigenvalue weighted by atomic mass is 35.5. The summed E-state index contributed by atoms with van der Waals surface area (Å²) in [5.74, 6) is 0.0699. The lowest BCUT2D eigenvalue weighted by molar-refractivity contribution is -0.119. The van der Waals surface area contributed by atoms with Crippen molar-refractivity contribution in [2.45, 2.75) is 13.8 Å². The van der Waals surface area contributed by atoms with Gasteiger partial charge in [-0.15, -0.1) is 0 Å². The Balaban J connectivity index is 1.71. The first-order valence-corrected chi connectivity index (χ1v) is 12.0. The van der Waals surface area contributed by atoms with Gasteiger partial charge in [0.1, 0.15) is 0 Å². The SMILES string of the molecule is CCN(CC)CC(=O)N(C)c1ccc(N=C(c2ccccc2)c2c(O)[nH]c3cc(Cl)ccc23)cc1. The standard InChI is InChI=1S/C28H29ClN4O2/c1-4-33(5-2)18-25(34)32(3)22-14-12-21(13-15-22)30-27(19-9-7-6-8-10-19)26-23-16-11-20(29)17-24(23)31-28(26)35/h6-17,31,35H,4-5,18H2,1-3H3. The van der Waals surface area contributed by atoms with E-state index in [-0.39, 0.29) is 11.8 Å². The molecule has 0 radical (unpaired) electrons. The van der Waals surface area contributed by atoms with Crippen molar-refractivity contribution in [2.75, 3.05) is 31.6 Å². The molecule has 1 amide bonds. The van der Waals surface area contributed by atoms with Crippen LogP contribution in [0.1, 0.15) is 25.0 Å². The van der Waals surface area contributed by atoms with Crippen molar-refractivity contribution in [1.29, 1.82) is 0 Å². The fraction of sp³-hybridized carbons (Fsp3) is 0.214. The molecule has 3 aromatic carbocycles. The Bertz CT molecular complexity index is 1340. The van der Waals surface area contributed by atoms with Gasteiger partial charge in [0.2, 0.25) is 5.91 Å². The molecule has 7 heteroatoms. The van der Waals surface area contributed by atoms with Crippen LogP contribution in [0, 0.1) is 0 Å². The van der Waals surface area contributed by atoms with Gasteiger partial charge < -0.3 is 15.0 Å². The van der Waals surface area contributed by atoms with E-state index >= 15 is 0 Å². The molecule has 1 heterocycles. The summed E-state index contributed by atoms with van der Waals surface area (Å²) in [6.07, 6.45) is 0. The summed E-state index contributed by atoms with van der Waals surface area (Å²) in [6.45, 7) is 6.14. The minimum Gasteiger partial charge on any atom is -0.494 e. The fourth-order valence-electron chi connectivity index (χ4n) is 4.02. The van der Waals surface area contributed by atoms with Gasteiger partial charge in [-0.25, -0.2) is 4.99 Å². The summed E-state index contributed by atoms with van der Waals surface area (Å²) in [4.78, 5) is 24.4. The number of benzene rings is 3. The molecule has 0 aliphatic rings. The van der Waals surface area contributed by atoms with Crippen LogP contribution >= 0.6 is 11.6 Å². The summed E-state index contributed by atoms with van der Waals surface area (Å²) in [7, 11) is 1.79. The van der Waals surface area contributed by atoms with Crippen LogP contribution in [0.25, 0.3) is 10.9 Å². The third kappa shape index (κ3) is 5.39. The van der Waals surface area contributed by atoms with E-state index in [1.54, 1.807) is 24.1 Å². The molecule has 4 aromatic rings. The molecule has 35 heavy (non-hydrogen) atoms. The van der Waals surface area contributed by atoms with E-state index in [2.05, 4.69) is 9.88 Å². The van der Waals surface area contributed by atoms with E-state index in [9.17, 15) is 9.90 Å². The Morgan fingerprint density at radius 2 is 1.69 bits per heavy atom. The lowest BCUT2D eigenvalue weighted by atomic mass is 10.0. The van der Waals surface area contributed by atoms with Crippen LogP contribution in [-0.4, -0.2) is 53.3 Å². The summed E-state index contributed by atoms with van der Waals surface area (Å²) in [5.41, 5.74) is 4.35. The van der Waals surface area contributed by atoms with Gasteiger partial charge in [-0.2, -0.15) is 0 Å². The average molecular weight is 489 g/mol. The van der Waals surface area contributed by atoms with Gasteiger partial charge in [0, 0.05) is 28.7 Å². The minimum absolute atomic E-state index is 0.0308. The molecule has 180 valence electrons. The molecular weight excluding hydrogens is 460 g/mol. The number of aromatic hydroxyl groups is 1. The number of carbonyl (C=O) groups is 1. The third-order valence-electron chi connectivity index (χ3n) is 6.13. The molecule has 0 fully saturated rings. The van der Waals surface area contributed by atoms with Crippen molar-refractivity contribution in [3.63, 3.8) is 0 Å². The quantitative estimate of drug-likeness (QED) is 0.299. The number of anilines is 1. The first kappa shape index (κ1) is 24.5. The molecule has 0 saturated heterocycles. The van der Waals surface area contributed by atoms with Crippen LogP contribution in [-0.2, 0) is 4.79 Å². The van der Waals surface area contributed by atoms with Gasteiger partial charge in [0.05, 0.1) is 29.0 Å². The molecule has 4 rings (SSSR count). The summed E-state index contributed by atoms with van der Waals surface area (Å²) in [6, 6.07) is 22.7. The predicted molar refractivity (Wildman–Crippen MR) is 144 cm³/mol. The number of aromatic amines is 1. The van der Waals surface area contributed by atoms with Gasteiger partial charge in [0.25, 0.3) is 0 Å². The maximum absolute atomic E-state index is 12.7. The Kier molecular flexibility index (Phi) is 7.54. The van der Waals surface area contributed by atoms with E-state index in [1.807, 2.05) is 74.5 Å². The van der Waals surface area contributed by atoms with Crippen molar-refractivity contribution in [2.24, 2.45) is 4.99 Å². The highest BCUT2D eigenvalue weighted by molar-refractivity contribution is 6.31. The maximum Gasteiger partial charge on any atom is 0.240 e. The first-order chi connectivity index (χ1) is 16.9. The van der Waals surface area contributed by atoms with Crippen molar-refractivity contribution >= 4 is 45.5 Å². The minimum atomic E-state index is 0.0308. The fourth-order valence-corrected chi connectivity index (χ4v) is 4.20. The summed E-state index contributed by atoms with van der Waals surface area (Å²) < 4.78 is 0. The molecule has 0 aliphatic carbocycles. The van der Waals surface area contributed by atoms with Crippen LogP contribution in [0.4, 0.5) is 11.4 Å². The molecule has 0 atom stereocenters. The highest BCUT2D eigenvalue weighted by Crippen LogP contribution is 2.33. The van der Waals surface area contributed by atoms with E-state index in [1.165, 1.54) is 0 Å². The summed E-state index contributed by atoms with van der Waals surface area (Å²) >= 11 is 6.15. The van der Waals surface area contributed by atoms with E-state index in [0.29, 0.717) is 28.5 Å². The smallest absolute Gasteiger partial charge is 0.240 e. The molecule has 0 unspecified atom stereocenters. The van der Waals surface area contributed by atoms with Gasteiger partial charge >= 0.3 is 0 Å². The first-order valence-electron chi connectivity index (χ1n) is 11.6. The number of aliphatic imine (C=N–C) groups is 1. The number of hydrogen-bond acceptors (Lipinski definition) is 4. The number of nitrogens with one attached hydrogen (secondary N) is 1. The van der Waals surface area contributed by atoms with E-state index in [0.717, 1.165) is 35.2 Å². The zero-order valence-electron chi connectivity index (χ0n) is 20.1. The van der Waals surface area contributed by atoms with E-state index in [4.69, 9.17) is 16.6 Å². The molecule has 0 bridgehead atoms. The Hall–Kier alpha value is -3.61. The van der Waals surface area contributed by atoms with Crippen molar-refractivity contribution in [3.05, 3.63) is 88.9 Å². The number of fused-ring (bicyclic) bond motifs is 1. The average Bonchev–Trinajstić information content (AvgIpc) is 3.20. The van der Waals surface area contributed by atoms with Gasteiger partial charge in [-0.05, 0) is 49.5 Å².